The van der Waals surface area contributed by atoms with E-state index in [4.69, 9.17) is 0 Å². The molecule has 0 aromatic carbocycles. The van der Waals surface area contributed by atoms with Gasteiger partial charge in [-0.05, 0) is 44.8 Å². The van der Waals surface area contributed by atoms with Crippen LogP contribution in [0.3, 0.4) is 0 Å². The van der Waals surface area contributed by atoms with Crippen LogP contribution in [0.5, 0.6) is 0 Å². The van der Waals surface area contributed by atoms with Crippen molar-refractivity contribution in [3.8, 4) is 0 Å². The van der Waals surface area contributed by atoms with E-state index in [0.717, 1.165) is 45.6 Å². The Labute approximate surface area is 128 Å². The van der Waals surface area contributed by atoms with Gasteiger partial charge in [-0.15, -0.1) is 0 Å². The molecule has 0 bridgehead atoms. The first-order valence-corrected chi connectivity index (χ1v) is 8.22. The lowest BCUT2D eigenvalue weighted by Crippen LogP contribution is -2.44. The number of carbonyl (C=O) groups excluding carboxylic acids is 1. The molecule has 2 fully saturated rings. The van der Waals surface area contributed by atoms with Gasteiger partial charge in [0.05, 0.1) is 12.6 Å². The molecule has 1 atom stereocenters. The largest absolute Gasteiger partial charge is 0.393 e. The van der Waals surface area contributed by atoms with Crippen molar-refractivity contribution < 1.29 is 9.90 Å². The summed E-state index contributed by atoms with van der Waals surface area (Å²) in [6, 6.07) is 0. The minimum Gasteiger partial charge on any atom is -0.393 e. The Morgan fingerprint density at radius 3 is 2.71 bits per heavy atom. The minimum absolute atomic E-state index is 0.00455. The second-order valence-corrected chi connectivity index (χ2v) is 7.56. The SMILES string of the molecule is CN1CCCN(CC(=O)N2CCC(O)CC(C)(C)C2)CC1. The Morgan fingerprint density at radius 2 is 1.95 bits per heavy atom. The Bertz CT molecular complexity index is 359. The predicted molar refractivity (Wildman–Crippen MR) is 84.2 cm³/mol. The molecule has 5 heteroatoms. The molecule has 5 nitrogen and oxygen atoms in total. The number of likely N-dealkylation sites (tertiary alicyclic amines) is 1. The third-order valence-electron chi connectivity index (χ3n) is 4.66. The summed E-state index contributed by atoms with van der Waals surface area (Å²) in [4.78, 5) is 19.2. The van der Waals surface area contributed by atoms with E-state index in [-0.39, 0.29) is 17.4 Å². The summed E-state index contributed by atoms with van der Waals surface area (Å²) in [5.74, 6) is 0.224. The van der Waals surface area contributed by atoms with Crippen molar-refractivity contribution in [1.29, 1.82) is 0 Å². The minimum atomic E-state index is -0.273. The molecule has 2 aliphatic heterocycles. The summed E-state index contributed by atoms with van der Waals surface area (Å²) < 4.78 is 0. The highest BCUT2D eigenvalue weighted by atomic mass is 16.3. The lowest BCUT2D eigenvalue weighted by atomic mass is 9.87. The topological polar surface area (TPSA) is 47.0 Å². The van der Waals surface area contributed by atoms with Crippen molar-refractivity contribution in [2.45, 2.75) is 39.2 Å². The van der Waals surface area contributed by atoms with Crippen LogP contribution in [0, 0.1) is 5.41 Å². The smallest absolute Gasteiger partial charge is 0.236 e. The fourth-order valence-electron chi connectivity index (χ4n) is 3.47. The van der Waals surface area contributed by atoms with E-state index in [1.807, 2.05) is 4.90 Å². The van der Waals surface area contributed by atoms with Crippen LogP contribution < -0.4 is 0 Å². The maximum atomic E-state index is 12.6. The first-order chi connectivity index (χ1) is 9.85. The van der Waals surface area contributed by atoms with Gasteiger partial charge in [-0.3, -0.25) is 9.69 Å². The predicted octanol–water partition coefficient (Wildman–Crippen LogP) is 0.633. The molecule has 122 valence electrons. The summed E-state index contributed by atoms with van der Waals surface area (Å²) in [6.45, 7) is 10.4. The van der Waals surface area contributed by atoms with Crippen molar-refractivity contribution in [3.63, 3.8) is 0 Å². The summed E-state index contributed by atoms with van der Waals surface area (Å²) >= 11 is 0. The molecular weight excluding hydrogens is 266 g/mol. The van der Waals surface area contributed by atoms with Gasteiger partial charge in [-0.25, -0.2) is 0 Å². The fourth-order valence-corrected chi connectivity index (χ4v) is 3.47. The number of carbonyl (C=O) groups is 1. The van der Waals surface area contributed by atoms with Gasteiger partial charge >= 0.3 is 0 Å². The van der Waals surface area contributed by atoms with Crippen molar-refractivity contribution in [2.75, 3.05) is 52.9 Å². The van der Waals surface area contributed by atoms with Gasteiger partial charge in [-0.2, -0.15) is 0 Å². The number of nitrogens with zero attached hydrogens (tertiary/aromatic N) is 3. The zero-order valence-corrected chi connectivity index (χ0v) is 13.8. The molecule has 2 saturated heterocycles. The lowest BCUT2D eigenvalue weighted by molar-refractivity contribution is -0.133. The highest BCUT2D eigenvalue weighted by molar-refractivity contribution is 5.78. The fraction of sp³-hybridized carbons (Fsp3) is 0.938. The van der Waals surface area contributed by atoms with Crippen LogP contribution in [-0.2, 0) is 4.79 Å². The molecule has 0 aromatic rings. The molecule has 0 aliphatic carbocycles. The first kappa shape index (κ1) is 16.7. The quantitative estimate of drug-likeness (QED) is 0.812. The van der Waals surface area contributed by atoms with E-state index < -0.39 is 0 Å². The van der Waals surface area contributed by atoms with Crippen molar-refractivity contribution in [3.05, 3.63) is 0 Å². The first-order valence-electron chi connectivity index (χ1n) is 8.22. The van der Waals surface area contributed by atoms with Crippen LogP contribution in [-0.4, -0.2) is 84.7 Å². The summed E-state index contributed by atoms with van der Waals surface area (Å²) in [7, 11) is 2.14. The Morgan fingerprint density at radius 1 is 1.19 bits per heavy atom. The highest BCUT2D eigenvalue weighted by Gasteiger charge is 2.31. The molecule has 2 aliphatic rings. The zero-order chi connectivity index (χ0) is 15.5. The van der Waals surface area contributed by atoms with E-state index in [1.165, 1.54) is 0 Å². The van der Waals surface area contributed by atoms with Gasteiger partial charge < -0.3 is 14.9 Å². The summed E-state index contributed by atoms with van der Waals surface area (Å²) in [5, 5.41) is 9.96. The van der Waals surface area contributed by atoms with Crippen LogP contribution in [0.4, 0.5) is 0 Å². The molecule has 0 aromatic heterocycles. The number of aliphatic hydroxyl groups excluding tert-OH is 1. The van der Waals surface area contributed by atoms with E-state index in [1.54, 1.807) is 0 Å². The molecule has 0 saturated carbocycles. The van der Waals surface area contributed by atoms with Gasteiger partial charge in [0.2, 0.25) is 5.91 Å². The maximum absolute atomic E-state index is 12.6. The second-order valence-electron chi connectivity index (χ2n) is 7.56. The van der Waals surface area contributed by atoms with E-state index in [0.29, 0.717) is 19.5 Å². The molecule has 21 heavy (non-hydrogen) atoms. The van der Waals surface area contributed by atoms with E-state index in [9.17, 15) is 9.90 Å². The van der Waals surface area contributed by atoms with Gasteiger partial charge in [0.25, 0.3) is 0 Å². The molecule has 2 heterocycles. The lowest BCUT2D eigenvalue weighted by Gasteiger charge is -2.31. The average Bonchev–Trinajstić information content (AvgIpc) is 2.66. The van der Waals surface area contributed by atoms with Gasteiger partial charge in [0.1, 0.15) is 0 Å². The van der Waals surface area contributed by atoms with Crippen LogP contribution >= 0.6 is 0 Å². The highest BCUT2D eigenvalue weighted by Crippen LogP contribution is 2.28. The van der Waals surface area contributed by atoms with Gasteiger partial charge in [-0.1, -0.05) is 13.8 Å². The molecule has 0 radical (unpaired) electrons. The third kappa shape index (κ3) is 5.24. The molecule has 1 unspecified atom stereocenters. The van der Waals surface area contributed by atoms with E-state index in [2.05, 4.69) is 30.7 Å². The zero-order valence-electron chi connectivity index (χ0n) is 13.8. The molecular formula is C16H31N3O2. The third-order valence-corrected chi connectivity index (χ3v) is 4.66. The number of rotatable bonds is 2. The molecule has 0 spiro atoms. The maximum Gasteiger partial charge on any atom is 0.236 e. The van der Waals surface area contributed by atoms with Crippen molar-refractivity contribution in [1.82, 2.24) is 14.7 Å². The summed E-state index contributed by atoms with van der Waals surface area (Å²) in [5.41, 5.74) is 0.00455. The van der Waals surface area contributed by atoms with Gasteiger partial charge in [0.15, 0.2) is 0 Å². The van der Waals surface area contributed by atoms with Crippen LogP contribution in [0.25, 0.3) is 0 Å². The number of amides is 1. The van der Waals surface area contributed by atoms with Crippen molar-refractivity contribution in [2.24, 2.45) is 5.41 Å². The molecule has 1 N–H and O–H groups in total. The Hall–Kier alpha value is -0.650. The van der Waals surface area contributed by atoms with E-state index >= 15 is 0 Å². The number of aliphatic hydroxyl groups is 1. The Balaban J connectivity index is 1.89. The monoisotopic (exact) mass is 297 g/mol. The van der Waals surface area contributed by atoms with Crippen molar-refractivity contribution >= 4 is 5.91 Å². The van der Waals surface area contributed by atoms with Crippen LogP contribution in [0.2, 0.25) is 0 Å². The Kier molecular flexibility index (Phi) is 5.63. The van der Waals surface area contributed by atoms with Crippen LogP contribution in [0.1, 0.15) is 33.1 Å². The second kappa shape index (κ2) is 7.07. The number of hydrogen-bond donors (Lipinski definition) is 1. The average molecular weight is 297 g/mol. The van der Waals surface area contributed by atoms with Gasteiger partial charge in [0, 0.05) is 26.2 Å². The summed E-state index contributed by atoms with van der Waals surface area (Å²) in [6.07, 6.45) is 2.35. The number of likely N-dealkylation sites (N-methyl/N-ethyl adjacent to an activating group) is 1. The molecule has 1 amide bonds. The molecule has 2 rings (SSSR count). The normalized spacial score (nSPS) is 29.0. The van der Waals surface area contributed by atoms with Crippen LogP contribution in [0.15, 0.2) is 0 Å². The number of hydrogen-bond acceptors (Lipinski definition) is 4. The standard InChI is InChI=1S/C16H31N3O2/c1-16(2)11-14(20)5-8-19(13-16)15(21)12-18-7-4-6-17(3)9-10-18/h14,20H,4-13H2,1-3H3.